The molecular weight excluding hydrogens is 259 g/mol. The molecule has 1 aromatic carbocycles. The van der Waals surface area contributed by atoms with Gasteiger partial charge in [-0.2, -0.15) is 0 Å². The van der Waals surface area contributed by atoms with E-state index in [2.05, 4.69) is 10.2 Å². The Morgan fingerprint density at radius 1 is 1.15 bits per heavy atom. The van der Waals surface area contributed by atoms with Crippen molar-refractivity contribution in [3.8, 4) is 0 Å². The van der Waals surface area contributed by atoms with Gasteiger partial charge in [-0.1, -0.05) is 13.0 Å². The molecule has 0 aliphatic rings. The zero-order valence-corrected chi connectivity index (χ0v) is 12.6. The van der Waals surface area contributed by atoms with Gasteiger partial charge in [0.05, 0.1) is 13.2 Å². The second-order valence-corrected chi connectivity index (χ2v) is 4.49. The van der Waals surface area contributed by atoms with Gasteiger partial charge >= 0.3 is 0 Å². The first-order chi connectivity index (χ1) is 9.74. The lowest BCUT2D eigenvalue weighted by Gasteiger charge is -2.27. The van der Waals surface area contributed by atoms with E-state index in [1.807, 2.05) is 13.0 Å². The molecule has 0 heterocycles. The third-order valence-corrected chi connectivity index (χ3v) is 3.12. The molecule has 5 heteroatoms. The first-order valence-corrected chi connectivity index (χ1v) is 6.95. The Kier molecular flexibility index (Phi) is 8.18. The largest absolute Gasteiger partial charge is 0.383 e. The number of anilines is 1. The summed E-state index contributed by atoms with van der Waals surface area (Å²) in [5, 5.41) is 3.18. The Labute approximate surface area is 120 Å². The molecule has 0 saturated heterocycles. The number of ether oxygens (including phenoxy) is 2. The van der Waals surface area contributed by atoms with E-state index < -0.39 is 0 Å². The van der Waals surface area contributed by atoms with Crippen LogP contribution in [-0.2, 0) is 16.0 Å². The SMILES string of the molecule is CCNCc1c(F)cccc1N(CCOC)CCOC. The fourth-order valence-electron chi connectivity index (χ4n) is 2.02. The second kappa shape index (κ2) is 9.69. The van der Waals surface area contributed by atoms with Gasteiger partial charge in [-0.25, -0.2) is 4.39 Å². The Hall–Kier alpha value is -1.17. The molecular formula is C15H25FN2O2. The number of methoxy groups -OCH3 is 2. The van der Waals surface area contributed by atoms with Gasteiger partial charge in [0, 0.05) is 45.1 Å². The minimum Gasteiger partial charge on any atom is -0.383 e. The van der Waals surface area contributed by atoms with Gasteiger partial charge in [0.15, 0.2) is 0 Å². The third-order valence-electron chi connectivity index (χ3n) is 3.12. The minimum atomic E-state index is -0.178. The molecule has 1 aromatic rings. The highest BCUT2D eigenvalue weighted by Crippen LogP contribution is 2.23. The maximum atomic E-state index is 14.0. The fourth-order valence-corrected chi connectivity index (χ4v) is 2.02. The molecule has 0 amide bonds. The summed E-state index contributed by atoms with van der Waals surface area (Å²) in [6, 6.07) is 5.19. The van der Waals surface area contributed by atoms with Crippen molar-refractivity contribution < 1.29 is 13.9 Å². The lowest BCUT2D eigenvalue weighted by atomic mass is 10.1. The Morgan fingerprint density at radius 2 is 1.80 bits per heavy atom. The van der Waals surface area contributed by atoms with Gasteiger partial charge in [-0.15, -0.1) is 0 Å². The van der Waals surface area contributed by atoms with Crippen LogP contribution < -0.4 is 10.2 Å². The molecule has 1 N–H and O–H groups in total. The topological polar surface area (TPSA) is 33.7 Å². The summed E-state index contributed by atoms with van der Waals surface area (Å²) < 4.78 is 24.3. The molecule has 0 aliphatic carbocycles. The van der Waals surface area contributed by atoms with E-state index in [1.54, 1.807) is 20.3 Å². The third kappa shape index (κ3) is 5.07. The molecule has 0 aliphatic heterocycles. The van der Waals surface area contributed by atoms with E-state index in [9.17, 15) is 4.39 Å². The number of hydrogen-bond donors (Lipinski definition) is 1. The van der Waals surface area contributed by atoms with Crippen LogP contribution in [-0.4, -0.2) is 47.1 Å². The van der Waals surface area contributed by atoms with Crippen molar-refractivity contribution in [3.05, 3.63) is 29.6 Å². The second-order valence-electron chi connectivity index (χ2n) is 4.49. The van der Waals surface area contributed by atoms with Crippen molar-refractivity contribution in [1.82, 2.24) is 5.32 Å². The highest BCUT2D eigenvalue weighted by molar-refractivity contribution is 5.54. The molecule has 1 rings (SSSR count). The number of nitrogens with one attached hydrogen (secondary N) is 1. The smallest absolute Gasteiger partial charge is 0.129 e. The Balaban J connectivity index is 2.94. The lowest BCUT2D eigenvalue weighted by molar-refractivity contribution is 0.190. The molecule has 0 atom stereocenters. The summed E-state index contributed by atoms with van der Waals surface area (Å²) in [7, 11) is 3.33. The molecule has 0 radical (unpaired) electrons. The normalized spacial score (nSPS) is 10.8. The Bertz CT molecular complexity index is 380. The predicted molar refractivity (Wildman–Crippen MR) is 79.7 cm³/mol. The molecule has 0 spiro atoms. The summed E-state index contributed by atoms with van der Waals surface area (Å²) in [6.07, 6.45) is 0. The van der Waals surface area contributed by atoms with Gasteiger partial charge in [0.2, 0.25) is 0 Å². The van der Waals surface area contributed by atoms with Crippen molar-refractivity contribution in [3.63, 3.8) is 0 Å². The first kappa shape index (κ1) is 16.9. The fraction of sp³-hybridized carbons (Fsp3) is 0.600. The molecule has 0 bridgehead atoms. The summed E-state index contributed by atoms with van der Waals surface area (Å²) >= 11 is 0. The minimum absolute atomic E-state index is 0.178. The predicted octanol–water partition coefficient (Wildman–Crippen LogP) is 2.03. The van der Waals surface area contributed by atoms with E-state index in [-0.39, 0.29) is 5.82 Å². The van der Waals surface area contributed by atoms with E-state index in [4.69, 9.17) is 9.47 Å². The maximum absolute atomic E-state index is 14.0. The highest BCUT2D eigenvalue weighted by atomic mass is 19.1. The zero-order valence-electron chi connectivity index (χ0n) is 12.6. The number of benzene rings is 1. The molecule has 0 aromatic heterocycles. The van der Waals surface area contributed by atoms with Crippen molar-refractivity contribution in [1.29, 1.82) is 0 Å². The average molecular weight is 284 g/mol. The van der Waals surface area contributed by atoms with Crippen molar-refractivity contribution in [2.75, 3.05) is 52.0 Å². The van der Waals surface area contributed by atoms with Crippen LogP contribution in [0.25, 0.3) is 0 Å². The van der Waals surface area contributed by atoms with Crippen molar-refractivity contribution >= 4 is 5.69 Å². The number of hydrogen-bond acceptors (Lipinski definition) is 4. The van der Waals surface area contributed by atoms with Gasteiger partial charge < -0.3 is 19.7 Å². The van der Waals surface area contributed by atoms with Crippen LogP contribution in [0.4, 0.5) is 10.1 Å². The van der Waals surface area contributed by atoms with Crippen LogP contribution in [0.1, 0.15) is 12.5 Å². The summed E-state index contributed by atoms with van der Waals surface area (Å²) in [5.41, 5.74) is 1.60. The molecule has 0 unspecified atom stereocenters. The lowest BCUT2D eigenvalue weighted by Crippen LogP contribution is -2.32. The number of halogens is 1. The van der Waals surface area contributed by atoms with Crippen LogP contribution in [0.5, 0.6) is 0 Å². The first-order valence-electron chi connectivity index (χ1n) is 6.95. The molecule has 0 fully saturated rings. The van der Waals surface area contributed by atoms with Crippen molar-refractivity contribution in [2.45, 2.75) is 13.5 Å². The van der Waals surface area contributed by atoms with E-state index in [1.165, 1.54) is 6.07 Å². The van der Waals surface area contributed by atoms with Gasteiger partial charge in [0.1, 0.15) is 5.82 Å². The Morgan fingerprint density at radius 3 is 2.35 bits per heavy atom. The summed E-state index contributed by atoms with van der Waals surface area (Å²) in [5.74, 6) is -0.178. The van der Waals surface area contributed by atoms with Crippen molar-refractivity contribution in [2.24, 2.45) is 0 Å². The molecule has 4 nitrogen and oxygen atoms in total. The molecule has 20 heavy (non-hydrogen) atoms. The van der Waals surface area contributed by atoms with Crippen LogP contribution in [0, 0.1) is 5.82 Å². The number of rotatable bonds is 10. The van der Waals surface area contributed by atoms with Crippen LogP contribution in [0.2, 0.25) is 0 Å². The van der Waals surface area contributed by atoms with E-state index in [0.717, 1.165) is 12.2 Å². The van der Waals surface area contributed by atoms with E-state index >= 15 is 0 Å². The highest BCUT2D eigenvalue weighted by Gasteiger charge is 2.14. The van der Waals surface area contributed by atoms with E-state index in [0.29, 0.717) is 38.4 Å². The van der Waals surface area contributed by atoms with Gasteiger partial charge in [-0.3, -0.25) is 0 Å². The summed E-state index contributed by atoms with van der Waals surface area (Å²) in [4.78, 5) is 2.10. The maximum Gasteiger partial charge on any atom is 0.129 e. The monoisotopic (exact) mass is 284 g/mol. The van der Waals surface area contributed by atoms with Gasteiger partial charge in [-0.05, 0) is 18.7 Å². The molecule has 0 saturated carbocycles. The van der Waals surface area contributed by atoms with Crippen LogP contribution in [0.3, 0.4) is 0 Å². The standard InChI is InChI=1S/C15H25FN2O2/c1-4-17-12-13-14(16)6-5-7-15(13)18(8-10-19-2)9-11-20-3/h5-7,17H,4,8-12H2,1-3H3. The van der Waals surface area contributed by atoms with Gasteiger partial charge in [0.25, 0.3) is 0 Å². The quantitative estimate of drug-likeness (QED) is 0.713. The molecule has 114 valence electrons. The van der Waals surface area contributed by atoms with Crippen LogP contribution >= 0.6 is 0 Å². The number of nitrogens with zero attached hydrogens (tertiary/aromatic N) is 1. The van der Waals surface area contributed by atoms with Crippen LogP contribution in [0.15, 0.2) is 18.2 Å². The zero-order chi connectivity index (χ0) is 14.8. The average Bonchev–Trinajstić information content (AvgIpc) is 2.46. The summed E-state index contributed by atoms with van der Waals surface area (Å²) in [6.45, 7) is 5.96.